The third-order valence-electron chi connectivity index (χ3n) is 2.43. The van der Waals surface area contributed by atoms with E-state index >= 15 is 0 Å². The molecule has 0 radical (unpaired) electrons. The summed E-state index contributed by atoms with van der Waals surface area (Å²) in [5, 5.41) is 0. The van der Waals surface area contributed by atoms with Crippen LogP contribution in [0.2, 0.25) is 0 Å². The second kappa shape index (κ2) is 4.73. The highest BCUT2D eigenvalue weighted by atomic mass is 19.4. The molecule has 2 rings (SSSR count). The van der Waals surface area contributed by atoms with E-state index in [2.05, 4.69) is 9.97 Å². The summed E-state index contributed by atoms with van der Waals surface area (Å²) in [6.07, 6.45) is -2.86. The standard InChI is InChI=1S/C12H10F3N3/c13-12(14,15)10-6-17-11(18-7-10)9-3-1-8(5-16)2-4-9/h1-4,6-7H,5,16H2. The van der Waals surface area contributed by atoms with Crippen molar-refractivity contribution in [2.24, 2.45) is 5.73 Å². The maximum atomic E-state index is 12.3. The van der Waals surface area contributed by atoms with Crippen molar-refractivity contribution in [2.75, 3.05) is 0 Å². The predicted molar refractivity (Wildman–Crippen MR) is 60.4 cm³/mol. The summed E-state index contributed by atoms with van der Waals surface area (Å²) >= 11 is 0. The molecule has 0 aliphatic carbocycles. The first-order valence-electron chi connectivity index (χ1n) is 5.19. The summed E-state index contributed by atoms with van der Waals surface area (Å²) in [5.41, 5.74) is 6.18. The second-order valence-corrected chi connectivity index (χ2v) is 3.69. The van der Waals surface area contributed by atoms with E-state index in [0.29, 0.717) is 12.1 Å². The molecule has 0 saturated carbocycles. The van der Waals surface area contributed by atoms with Crippen LogP contribution in [0.5, 0.6) is 0 Å². The highest BCUT2D eigenvalue weighted by molar-refractivity contribution is 5.55. The quantitative estimate of drug-likeness (QED) is 0.895. The molecule has 2 aromatic rings. The number of aromatic nitrogens is 2. The van der Waals surface area contributed by atoms with Gasteiger partial charge in [-0.15, -0.1) is 0 Å². The van der Waals surface area contributed by atoms with E-state index in [1.54, 1.807) is 24.3 Å². The van der Waals surface area contributed by atoms with E-state index in [1.807, 2.05) is 0 Å². The lowest BCUT2D eigenvalue weighted by Crippen LogP contribution is -2.06. The van der Waals surface area contributed by atoms with Crippen molar-refractivity contribution >= 4 is 0 Å². The van der Waals surface area contributed by atoms with Crippen molar-refractivity contribution in [2.45, 2.75) is 12.7 Å². The molecule has 2 N–H and O–H groups in total. The van der Waals surface area contributed by atoms with Crippen molar-refractivity contribution in [3.63, 3.8) is 0 Å². The Kier molecular flexibility index (Phi) is 3.29. The van der Waals surface area contributed by atoms with Crippen molar-refractivity contribution in [1.82, 2.24) is 9.97 Å². The van der Waals surface area contributed by atoms with Gasteiger partial charge < -0.3 is 5.73 Å². The first-order chi connectivity index (χ1) is 8.50. The van der Waals surface area contributed by atoms with Gasteiger partial charge in [0, 0.05) is 24.5 Å². The van der Waals surface area contributed by atoms with Crippen LogP contribution in [0.4, 0.5) is 13.2 Å². The number of rotatable bonds is 2. The summed E-state index contributed by atoms with van der Waals surface area (Å²) in [5.74, 6) is 0.256. The van der Waals surface area contributed by atoms with Gasteiger partial charge >= 0.3 is 6.18 Å². The predicted octanol–water partition coefficient (Wildman–Crippen LogP) is 2.62. The van der Waals surface area contributed by atoms with Crippen LogP contribution in [0.1, 0.15) is 11.1 Å². The minimum absolute atomic E-state index is 0.256. The average molecular weight is 253 g/mol. The third-order valence-corrected chi connectivity index (χ3v) is 2.43. The Morgan fingerprint density at radius 1 is 1.00 bits per heavy atom. The minimum Gasteiger partial charge on any atom is -0.326 e. The molecule has 0 bridgehead atoms. The Labute approximate surface area is 101 Å². The van der Waals surface area contributed by atoms with E-state index in [4.69, 9.17) is 5.73 Å². The summed E-state index contributed by atoms with van der Waals surface area (Å²) in [6, 6.07) is 7.03. The van der Waals surface area contributed by atoms with Crippen LogP contribution in [0.3, 0.4) is 0 Å². The Balaban J connectivity index is 2.28. The molecular formula is C12H10F3N3. The summed E-state index contributed by atoms with van der Waals surface area (Å²) in [7, 11) is 0. The largest absolute Gasteiger partial charge is 0.419 e. The minimum atomic E-state index is -4.41. The summed E-state index contributed by atoms with van der Waals surface area (Å²) in [6.45, 7) is 0.411. The zero-order valence-electron chi connectivity index (χ0n) is 9.28. The number of nitrogens with two attached hydrogens (primary N) is 1. The Morgan fingerprint density at radius 3 is 2.00 bits per heavy atom. The van der Waals surface area contributed by atoms with Crippen molar-refractivity contribution in [3.05, 3.63) is 47.8 Å². The lowest BCUT2D eigenvalue weighted by Gasteiger charge is -2.06. The van der Waals surface area contributed by atoms with Gasteiger partial charge in [-0.1, -0.05) is 24.3 Å². The Morgan fingerprint density at radius 2 is 1.56 bits per heavy atom. The molecule has 0 fully saturated rings. The monoisotopic (exact) mass is 253 g/mol. The van der Waals surface area contributed by atoms with Crippen molar-refractivity contribution in [1.29, 1.82) is 0 Å². The molecule has 18 heavy (non-hydrogen) atoms. The fourth-order valence-corrected chi connectivity index (χ4v) is 1.41. The molecule has 1 aromatic carbocycles. The van der Waals surface area contributed by atoms with E-state index in [1.165, 1.54) is 0 Å². The molecule has 0 amide bonds. The molecule has 0 atom stereocenters. The van der Waals surface area contributed by atoms with Crippen LogP contribution in [0.25, 0.3) is 11.4 Å². The van der Waals surface area contributed by atoms with Gasteiger partial charge in [0.2, 0.25) is 0 Å². The van der Waals surface area contributed by atoms with E-state index < -0.39 is 11.7 Å². The van der Waals surface area contributed by atoms with Gasteiger partial charge in [0.25, 0.3) is 0 Å². The number of halogens is 3. The van der Waals surface area contributed by atoms with Gasteiger partial charge in [0.1, 0.15) is 0 Å². The fraction of sp³-hybridized carbons (Fsp3) is 0.167. The van der Waals surface area contributed by atoms with Gasteiger partial charge in [0.15, 0.2) is 5.82 Å². The molecular weight excluding hydrogens is 243 g/mol. The lowest BCUT2D eigenvalue weighted by molar-refractivity contribution is -0.138. The smallest absolute Gasteiger partial charge is 0.326 e. The van der Waals surface area contributed by atoms with Gasteiger partial charge in [-0.05, 0) is 5.56 Å². The number of hydrogen-bond donors (Lipinski definition) is 1. The zero-order chi connectivity index (χ0) is 13.2. The van der Waals surface area contributed by atoms with Gasteiger partial charge in [-0.3, -0.25) is 0 Å². The van der Waals surface area contributed by atoms with Gasteiger partial charge in [0.05, 0.1) is 5.56 Å². The van der Waals surface area contributed by atoms with E-state index in [9.17, 15) is 13.2 Å². The molecule has 0 spiro atoms. The van der Waals surface area contributed by atoms with Crippen LogP contribution in [-0.2, 0) is 12.7 Å². The van der Waals surface area contributed by atoms with Gasteiger partial charge in [-0.25, -0.2) is 9.97 Å². The second-order valence-electron chi connectivity index (χ2n) is 3.69. The molecule has 94 valence electrons. The normalized spacial score (nSPS) is 11.6. The van der Waals surface area contributed by atoms with Crippen LogP contribution >= 0.6 is 0 Å². The summed E-state index contributed by atoms with van der Waals surface area (Å²) in [4.78, 5) is 7.42. The Hall–Kier alpha value is -1.95. The highest BCUT2D eigenvalue weighted by Gasteiger charge is 2.31. The molecule has 0 aliphatic heterocycles. The lowest BCUT2D eigenvalue weighted by atomic mass is 10.1. The molecule has 1 heterocycles. The number of hydrogen-bond acceptors (Lipinski definition) is 3. The number of benzene rings is 1. The maximum Gasteiger partial charge on any atom is 0.419 e. The highest BCUT2D eigenvalue weighted by Crippen LogP contribution is 2.28. The summed E-state index contributed by atoms with van der Waals surface area (Å²) < 4.78 is 37.0. The zero-order valence-corrected chi connectivity index (χ0v) is 9.28. The first-order valence-corrected chi connectivity index (χ1v) is 5.19. The maximum absolute atomic E-state index is 12.3. The van der Waals surface area contributed by atoms with Crippen LogP contribution < -0.4 is 5.73 Å². The molecule has 6 heteroatoms. The van der Waals surface area contributed by atoms with Crippen molar-refractivity contribution < 1.29 is 13.2 Å². The molecule has 0 aliphatic rings. The first kappa shape index (κ1) is 12.5. The topological polar surface area (TPSA) is 51.8 Å². The molecule has 0 saturated heterocycles. The molecule has 0 unspecified atom stereocenters. The SMILES string of the molecule is NCc1ccc(-c2ncc(C(F)(F)F)cn2)cc1. The van der Waals surface area contributed by atoms with Crippen LogP contribution in [-0.4, -0.2) is 9.97 Å². The Bertz CT molecular complexity index is 518. The third kappa shape index (κ3) is 2.65. The molecule has 1 aromatic heterocycles. The van der Waals surface area contributed by atoms with Crippen LogP contribution in [0, 0.1) is 0 Å². The van der Waals surface area contributed by atoms with E-state index in [0.717, 1.165) is 18.0 Å². The van der Waals surface area contributed by atoms with Gasteiger partial charge in [-0.2, -0.15) is 13.2 Å². The molecule has 3 nitrogen and oxygen atoms in total. The number of nitrogens with zero attached hydrogens (tertiary/aromatic N) is 2. The van der Waals surface area contributed by atoms with Crippen LogP contribution in [0.15, 0.2) is 36.7 Å². The fourth-order valence-electron chi connectivity index (χ4n) is 1.41. The van der Waals surface area contributed by atoms with Crippen molar-refractivity contribution in [3.8, 4) is 11.4 Å². The average Bonchev–Trinajstić information content (AvgIpc) is 2.38. The number of alkyl halides is 3. The van der Waals surface area contributed by atoms with E-state index in [-0.39, 0.29) is 5.82 Å².